The molecular formula is C22H22Cl2N2O2. The molecule has 2 N–H and O–H groups in total. The van der Waals surface area contributed by atoms with E-state index in [4.69, 9.17) is 23.2 Å². The van der Waals surface area contributed by atoms with Crippen LogP contribution in [-0.2, 0) is 19.6 Å². The minimum absolute atomic E-state index is 0.359. The summed E-state index contributed by atoms with van der Waals surface area (Å²) in [6.07, 6.45) is 0. The Bertz CT molecular complexity index is 995. The molecule has 146 valence electrons. The Labute approximate surface area is 174 Å². The van der Waals surface area contributed by atoms with Gasteiger partial charge in [0.05, 0.1) is 5.56 Å². The Morgan fingerprint density at radius 2 is 1.68 bits per heavy atom. The fraction of sp³-hybridized carbons (Fsp3) is 0.227. The second-order valence-corrected chi connectivity index (χ2v) is 7.58. The monoisotopic (exact) mass is 416 g/mol. The van der Waals surface area contributed by atoms with Gasteiger partial charge in [0.1, 0.15) is 0 Å². The normalized spacial score (nSPS) is 11.0. The van der Waals surface area contributed by atoms with Gasteiger partial charge >= 0.3 is 5.97 Å². The summed E-state index contributed by atoms with van der Waals surface area (Å²) in [5.41, 5.74) is 4.89. The van der Waals surface area contributed by atoms with E-state index in [-0.39, 0.29) is 0 Å². The average Bonchev–Trinajstić information content (AvgIpc) is 2.89. The van der Waals surface area contributed by atoms with Crippen LogP contribution in [0.3, 0.4) is 0 Å². The van der Waals surface area contributed by atoms with Gasteiger partial charge < -0.3 is 15.0 Å². The molecule has 0 bridgehead atoms. The molecule has 1 aromatic heterocycles. The van der Waals surface area contributed by atoms with Crippen molar-refractivity contribution in [3.8, 4) is 0 Å². The lowest BCUT2D eigenvalue weighted by molar-refractivity contribution is 0.0694. The summed E-state index contributed by atoms with van der Waals surface area (Å²) in [6, 6.07) is 15.2. The molecule has 28 heavy (non-hydrogen) atoms. The molecule has 6 heteroatoms. The zero-order valence-electron chi connectivity index (χ0n) is 15.8. The summed E-state index contributed by atoms with van der Waals surface area (Å²) >= 11 is 12.2. The third kappa shape index (κ3) is 4.41. The highest BCUT2D eigenvalue weighted by atomic mass is 35.5. The lowest BCUT2D eigenvalue weighted by Gasteiger charge is -2.11. The Balaban J connectivity index is 1.84. The number of nitrogens with zero attached hydrogens (tertiary/aromatic N) is 1. The standard InChI is InChI=1S/C22H22Cl2N2O2/c1-14-19(12-25-11-17-5-3-4-6-20(17)24)21(22(27)28)15(2)26(14)13-16-7-9-18(23)10-8-16/h3-10,25H,11-13H2,1-2H3,(H,27,28). The Hall–Kier alpha value is -2.27. The van der Waals surface area contributed by atoms with Crippen LogP contribution in [0.2, 0.25) is 10.0 Å². The van der Waals surface area contributed by atoms with Crippen molar-refractivity contribution in [1.29, 1.82) is 0 Å². The van der Waals surface area contributed by atoms with E-state index in [0.717, 1.165) is 28.1 Å². The molecule has 1 heterocycles. The zero-order valence-corrected chi connectivity index (χ0v) is 17.3. The highest BCUT2D eigenvalue weighted by molar-refractivity contribution is 6.31. The number of benzene rings is 2. The van der Waals surface area contributed by atoms with Gasteiger partial charge in [-0.2, -0.15) is 0 Å². The molecule has 0 saturated carbocycles. The van der Waals surface area contributed by atoms with Crippen molar-refractivity contribution in [1.82, 2.24) is 9.88 Å². The van der Waals surface area contributed by atoms with Gasteiger partial charge in [0.2, 0.25) is 0 Å². The quantitative estimate of drug-likeness (QED) is 0.538. The minimum atomic E-state index is -0.912. The molecule has 3 aromatic rings. The predicted molar refractivity (Wildman–Crippen MR) is 113 cm³/mol. The van der Waals surface area contributed by atoms with Crippen molar-refractivity contribution in [3.05, 3.63) is 92.2 Å². The second-order valence-electron chi connectivity index (χ2n) is 6.74. The fourth-order valence-corrected chi connectivity index (χ4v) is 3.75. The third-order valence-electron chi connectivity index (χ3n) is 4.95. The van der Waals surface area contributed by atoms with Crippen molar-refractivity contribution in [2.45, 2.75) is 33.5 Å². The van der Waals surface area contributed by atoms with Crippen LogP contribution in [-0.4, -0.2) is 15.6 Å². The van der Waals surface area contributed by atoms with Gasteiger partial charge in [0.25, 0.3) is 0 Å². The maximum atomic E-state index is 11.9. The summed E-state index contributed by atoms with van der Waals surface area (Å²) in [4.78, 5) is 11.9. The number of nitrogens with one attached hydrogen (secondary N) is 1. The second kappa shape index (κ2) is 8.82. The van der Waals surface area contributed by atoms with Crippen LogP contribution in [0.1, 0.15) is 38.4 Å². The molecule has 0 aliphatic rings. The van der Waals surface area contributed by atoms with E-state index in [9.17, 15) is 9.90 Å². The van der Waals surface area contributed by atoms with Gasteiger partial charge in [-0.05, 0) is 43.2 Å². The predicted octanol–water partition coefficient (Wildman–Crippen LogP) is 5.45. The number of carbonyl (C=O) groups is 1. The molecule has 0 atom stereocenters. The largest absolute Gasteiger partial charge is 0.478 e. The topological polar surface area (TPSA) is 54.3 Å². The van der Waals surface area contributed by atoms with Crippen LogP contribution in [0.15, 0.2) is 48.5 Å². The number of hydrogen-bond donors (Lipinski definition) is 2. The maximum Gasteiger partial charge on any atom is 0.337 e. The van der Waals surface area contributed by atoms with Crippen LogP contribution in [0.5, 0.6) is 0 Å². The number of aromatic nitrogens is 1. The van der Waals surface area contributed by atoms with Crippen LogP contribution in [0.25, 0.3) is 0 Å². The van der Waals surface area contributed by atoms with Gasteiger partial charge in [0, 0.05) is 46.6 Å². The maximum absolute atomic E-state index is 11.9. The average molecular weight is 417 g/mol. The molecule has 3 rings (SSSR count). The van der Waals surface area contributed by atoms with Crippen LogP contribution >= 0.6 is 23.2 Å². The molecule has 0 fully saturated rings. The molecule has 0 radical (unpaired) electrons. The van der Waals surface area contributed by atoms with Crippen molar-refractivity contribution < 1.29 is 9.90 Å². The van der Waals surface area contributed by atoms with Crippen molar-refractivity contribution in [3.63, 3.8) is 0 Å². The van der Waals surface area contributed by atoms with Gasteiger partial charge in [-0.3, -0.25) is 0 Å². The van der Waals surface area contributed by atoms with E-state index in [2.05, 4.69) is 5.32 Å². The minimum Gasteiger partial charge on any atom is -0.478 e. The molecular weight excluding hydrogens is 395 g/mol. The summed E-state index contributed by atoms with van der Waals surface area (Å²) in [6.45, 7) is 5.43. The highest BCUT2D eigenvalue weighted by Crippen LogP contribution is 2.25. The van der Waals surface area contributed by atoms with Crippen molar-refractivity contribution in [2.24, 2.45) is 0 Å². The molecule has 2 aromatic carbocycles. The molecule has 0 unspecified atom stereocenters. The van der Waals surface area contributed by atoms with Gasteiger partial charge in [-0.25, -0.2) is 4.79 Å². The van der Waals surface area contributed by atoms with Gasteiger partial charge in [-0.1, -0.05) is 53.5 Å². The van der Waals surface area contributed by atoms with E-state index in [1.54, 1.807) is 0 Å². The molecule has 0 spiro atoms. The van der Waals surface area contributed by atoms with E-state index in [1.165, 1.54) is 0 Å². The van der Waals surface area contributed by atoms with E-state index in [1.807, 2.05) is 66.9 Å². The zero-order chi connectivity index (χ0) is 20.3. The number of halogens is 2. The Kier molecular flexibility index (Phi) is 6.45. The van der Waals surface area contributed by atoms with Gasteiger partial charge in [0.15, 0.2) is 0 Å². The number of carboxylic acids is 1. The first-order valence-corrected chi connectivity index (χ1v) is 9.74. The van der Waals surface area contributed by atoms with E-state index in [0.29, 0.717) is 35.2 Å². The molecule has 4 nitrogen and oxygen atoms in total. The highest BCUT2D eigenvalue weighted by Gasteiger charge is 2.22. The number of aromatic carboxylic acids is 1. The Morgan fingerprint density at radius 1 is 1.00 bits per heavy atom. The van der Waals surface area contributed by atoms with Crippen molar-refractivity contribution >= 4 is 29.2 Å². The summed E-state index contributed by atoms with van der Waals surface area (Å²) in [5.74, 6) is -0.912. The molecule has 0 aliphatic carbocycles. The summed E-state index contributed by atoms with van der Waals surface area (Å²) in [5, 5.41) is 14.5. The smallest absolute Gasteiger partial charge is 0.337 e. The molecule has 0 amide bonds. The van der Waals surface area contributed by atoms with Crippen LogP contribution in [0.4, 0.5) is 0 Å². The van der Waals surface area contributed by atoms with Crippen LogP contribution in [0, 0.1) is 13.8 Å². The Morgan fingerprint density at radius 3 is 2.32 bits per heavy atom. The van der Waals surface area contributed by atoms with Crippen molar-refractivity contribution in [2.75, 3.05) is 0 Å². The number of carboxylic acid groups (broad SMARTS) is 1. The summed E-state index contributed by atoms with van der Waals surface area (Å²) < 4.78 is 2.04. The van der Waals surface area contributed by atoms with Gasteiger partial charge in [-0.15, -0.1) is 0 Å². The number of rotatable bonds is 7. The first-order valence-electron chi connectivity index (χ1n) is 8.99. The first kappa shape index (κ1) is 20.5. The lowest BCUT2D eigenvalue weighted by Crippen LogP contribution is -2.15. The third-order valence-corrected chi connectivity index (χ3v) is 5.57. The number of hydrogen-bond acceptors (Lipinski definition) is 2. The summed E-state index contributed by atoms with van der Waals surface area (Å²) in [7, 11) is 0. The fourth-order valence-electron chi connectivity index (χ4n) is 3.42. The SMILES string of the molecule is Cc1c(CNCc2ccccc2Cl)c(C(=O)O)c(C)n1Cc1ccc(Cl)cc1. The first-order chi connectivity index (χ1) is 13.4. The van der Waals surface area contributed by atoms with E-state index < -0.39 is 5.97 Å². The van der Waals surface area contributed by atoms with Crippen LogP contribution < -0.4 is 5.32 Å². The van der Waals surface area contributed by atoms with E-state index >= 15 is 0 Å². The lowest BCUT2D eigenvalue weighted by atomic mass is 10.1. The molecule has 0 saturated heterocycles. The molecule has 0 aliphatic heterocycles.